The van der Waals surface area contributed by atoms with Crippen LogP contribution in [0.1, 0.15) is 17.2 Å². The van der Waals surface area contributed by atoms with Crippen molar-refractivity contribution in [3.05, 3.63) is 95.8 Å². The Hall–Kier alpha value is -3.32. The molecule has 0 bridgehead atoms. The van der Waals surface area contributed by atoms with E-state index in [2.05, 4.69) is 23.4 Å². The molecule has 0 aliphatic rings. The highest BCUT2D eigenvalue weighted by Gasteiger charge is 2.30. The molecule has 0 heterocycles. The van der Waals surface area contributed by atoms with Crippen LogP contribution < -0.4 is 10.6 Å². The minimum atomic E-state index is -1.01. The van der Waals surface area contributed by atoms with E-state index in [4.69, 9.17) is 0 Å². The van der Waals surface area contributed by atoms with Gasteiger partial charge in [-0.2, -0.15) is 0 Å². The van der Waals surface area contributed by atoms with Crippen LogP contribution in [0.5, 0.6) is 0 Å². The number of hydrogen-bond acceptors (Lipinski definition) is 3. The van der Waals surface area contributed by atoms with E-state index in [1.54, 1.807) is 36.4 Å². The van der Waals surface area contributed by atoms with Crippen LogP contribution in [0.2, 0.25) is 0 Å². The maximum Gasteiger partial charge on any atom is 0.332 e. The van der Waals surface area contributed by atoms with Crippen molar-refractivity contribution < 1.29 is 14.0 Å². The van der Waals surface area contributed by atoms with Crippen molar-refractivity contribution in [2.24, 2.45) is 0 Å². The van der Waals surface area contributed by atoms with Gasteiger partial charge in [0.15, 0.2) is 0 Å². The number of urea groups is 1. The number of amides is 3. The molecule has 0 spiro atoms. The van der Waals surface area contributed by atoms with E-state index in [1.165, 1.54) is 18.2 Å². The molecule has 2 N–H and O–H groups in total. The van der Waals surface area contributed by atoms with Crippen molar-refractivity contribution >= 4 is 36.1 Å². The fraction of sp³-hybridized carbons (Fsp3) is 0.0909. The molecule has 29 heavy (non-hydrogen) atoms. The largest absolute Gasteiger partial charge is 0.332 e. The highest BCUT2D eigenvalue weighted by molar-refractivity contribution is 7.78. The van der Waals surface area contributed by atoms with E-state index in [0.717, 1.165) is 9.87 Å². The van der Waals surface area contributed by atoms with Crippen LogP contribution >= 0.6 is 12.8 Å². The third kappa shape index (κ3) is 5.14. The summed E-state index contributed by atoms with van der Waals surface area (Å²) in [5.41, 5.74) is 2.39. The number of halogens is 1. The zero-order chi connectivity index (χ0) is 20.8. The standard InChI is InChI=1S/C22H20FN3O2S/c1-15-8-5-6-13-19(15)25-21(27)20(16-9-3-2-4-10-16)26(29)22(28)24-18-12-7-11-17(23)14-18/h2-14,20,29H,1H3,(H,24,28)(H,25,27). The van der Waals surface area contributed by atoms with Gasteiger partial charge in [0.25, 0.3) is 5.91 Å². The Bertz CT molecular complexity index is 1010. The smallest absolute Gasteiger partial charge is 0.324 e. The zero-order valence-corrected chi connectivity index (χ0v) is 16.6. The molecular formula is C22H20FN3O2S. The van der Waals surface area contributed by atoms with Crippen LogP contribution in [-0.2, 0) is 4.79 Å². The average molecular weight is 409 g/mol. The number of nitrogens with one attached hydrogen (secondary N) is 2. The highest BCUT2D eigenvalue weighted by atomic mass is 32.1. The Balaban J connectivity index is 1.85. The van der Waals surface area contributed by atoms with Crippen molar-refractivity contribution in [3.8, 4) is 0 Å². The van der Waals surface area contributed by atoms with E-state index in [1.807, 2.05) is 31.2 Å². The lowest BCUT2D eigenvalue weighted by Gasteiger charge is -2.27. The Kier molecular flexibility index (Phi) is 6.51. The van der Waals surface area contributed by atoms with Gasteiger partial charge in [-0.1, -0.05) is 67.4 Å². The van der Waals surface area contributed by atoms with E-state index in [-0.39, 0.29) is 5.69 Å². The molecule has 5 nitrogen and oxygen atoms in total. The van der Waals surface area contributed by atoms with Crippen LogP contribution in [0.25, 0.3) is 0 Å². The first kappa shape index (κ1) is 20.4. The van der Waals surface area contributed by atoms with Gasteiger partial charge in [-0.25, -0.2) is 9.18 Å². The molecule has 0 radical (unpaired) electrons. The zero-order valence-electron chi connectivity index (χ0n) is 15.7. The van der Waals surface area contributed by atoms with Gasteiger partial charge in [-0.3, -0.25) is 9.10 Å². The minimum absolute atomic E-state index is 0.264. The lowest BCUT2D eigenvalue weighted by Crippen LogP contribution is -2.38. The molecule has 0 aliphatic carbocycles. The summed E-state index contributed by atoms with van der Waals surface area (Å²) in [6, 6.07) is 20.0. The fourth-order valence-corrected chi connectivity index (χ4v) is 3.11. The number of anilines is 2. The topological polar surface area (TPSA) is 61.4 Å². The molecule has 0 aliphatic heterocycles. The summed E-state index contributed by atoms with van der Waals surface area (Å²) in [7, 11) is 0. The monoisotopic (exact) mass is 409 g/mol. The summed E-state index contributed by atoms with van der Waals surface area (Å²) in [5, 5.41) is 5.40. The number of para-hydroxylation sites is 1. The first-order chi connectivity index (χ1) is 14.0. The van der Waals surface area contributed by atoms with Gasteiger partial charge in [-0.15, -0.1) is 0 Å². The van der Waals surface area contributed by atoms with E-state index in [0.29, 0.717) is 11.3 Å². The third-order valence-electron chi connectivity index (χ3n) is 4.30. The van der Waals surface area contributed by atoms with Gasteiger partial charge in [0.05, 0.1) is 0 Å². The molecule has 1 unspecified atom stereocenters. The molecule has 3 rings (SSSR count). The van der Waals surface area contributed by atoms with Gasteiger partial charge >= 0.3 is 6.03 Å². The van der Waals surface area contributed by atoms with Crippen molar-refractivity contribution in [3.63, 3.8) is 0 Å². The first-order valence-electron chi connectivity index (χ1n) is 8.92. The maximum absolute atomic E-state index is 13.4. The lowest BCUT2D eigenvalue weighted by atomic mass is 10.1. The summed E-state index contributed by atoms with van der Waals surface area (Å²) in [6.07, 6.45) is 0. The summed E-state index contributed by atoms with van der Waals surface area (Å²) in [5.74, 6) is -0.902. The Morgan fingerprint density at radius 2 is 1.62 bits per heavy atom. The molecular weight excluding hydrogens is 389 g/mol. The van der Waals surface area contributed by atoms with Crippen LogP contribution in [0.15, 0.2) is 78.9 Å². The van der Waals surface area contributed by atoms with Crippen LogP contribution in [0.3, 0.4) is 0 Å². The van der Waals surface area contributed by atoms with Crippen LogP contribution in [0.4, 0.5) is 20.6 Å². The summed E-state index contributed by atoms with van der Waals surface area (Å²) in [6.45, 7) is 1.88. The first-order valence-corrected chi connectivity index (χ1v) is 9.32. The number of benzene rings is 3. The number of nitrogens with zero attached hydrogens (tertiary/aromatic N) is 1. The predicted molar refractivity (Wildman–Crippen MR) is 115 cm³/mol. The van der Waals surface area contributed by atoms with Gasteiger partial charge < -0.3 is 10.6 Å². The molecule has 3 aromatic carbocycles. The SMILES string of the molecule is Cc1ccccc1NC(=O)C(c1ccccc1)N(S)C(=O)Nc1cccc(F)c1. The van der Waals surface area contributed by atoms with Crippen molar-refractivity contribution in [2.75, 3.05) is 10.6 Å². The Morgan fingerprint density at radius 3 is 2.31 bits per heavy atom. The quantitative estimate of drug-likeness (QED) is 0.508. The Morgan fingerprint density at radius 1 is 0.931 bits per heavy atom. The van der Waals surface area contributed by atoms with Crippen molar-refractivity contribution in [1.29, 1.82) is 0 Å². The van der Waals surface area contributed by atoms with Gasteiger partial charge in [-0.05, 0) is 42.3 Å². The van der Waals surface area contributed by atoms with Crippen molar-refractivity contribution in [2.45, 2.75) is 13.0 Å². The average Bonchev–Trinajstić information content (AvgIpc) is 2.70. The highest BCUT2D eigenvalue weighted by Crippen LogP contribution is 2.26. The lowest BCUT2D eigenvalue weighted by molar-refractivity contribution is -0.119. The summed E-state index contributed by atoms with van der Waals surface area (Å²) < 4.78 is 14.4. The molecule has 7 heteroatoms. The molecule has 0 saturated carbocycles. The van der Waals surface area contributed by atoms with E-state index >= 15 is 0 Å². The van der Waals surface area contributed by atoms with Crippen LogP contribution in [0, 0.1) is 12.7 Å². The molecule has 1 atom stereocenters. The van der Waals surface area contributed by atoms with Crippen LogP contribution in [-0.4, -0.2) is 16.2 Å². The second-order valence-corrected chi connectivity index (χ2v) is 6.83. The normalized spacial score (nSPS) is 11.4. The summed E-state index contributed by atoms with van der Waals surface area (Å²) in [4.78, 5) is 25.8. The number of hydrogen-bond donors (Lipinski definition) is 3. The molecule has 0 saturated heterocycles. The predicted octanol–water partition coefficient (Wildman–Crippen LogP) is 5.19. The second kappa shape index (κ2) is 9.25. The number of aryl methyl sites for hydroxylation is 1. The fourth-order valence-electron chi connectivity index (χ4n) is 2.82. The number of carbonyl (C=O) groups is 2. The minimum Gasteiger partial charge on any atom is -0.324 e. The number of thiol groups is 1. The van der Waals surface area contributed by atoms with Gasteiger partial charge in [0.1, 0.15) is 11.9 Å². The van der Waals surface area contributed by atoms with Gasteiger partial charge in [0, 0.05) is 11.4 Å². The maximum atomic E-state index is 13.4. The van der Waals surface area contributed by atoms with E-state index in [9.17, 15) is 14.0 Å². The molecule has 148 valence electrons. The number of carbonyl (C=O) groups excluding carboxylic acids is 2. The molecule has 3 aromatic rings. The third-order valence-corrected chi connectivity index (χ3v) is 4.71. The number of rotatable bonds is 5. The molecule has 0 fully saturated rings. The Labute approximate surface area is 174 Å². The van der Waals surface area contributed by atoms with Crippen molar-refractivity contribution in [1.82, 2.24) is 4.31 Å². The molecule has 3 amide bonds. The second-order valence-electron chi connectivity index (χ2n) is 6.40. The van der Waals surface area contributed by atoms with Gasteiger partial charge in [0.2, 0.25) is 0 Å². The molecule has 0 aromatic heterocycles. The summed E-state index contributed by atoms with van der Waals surface area (Å²) >= 11 is 4.29. The van der Waals surface area contributed by atoms with E-state index < -0.39 is 23.8 Å².